The van der Waals surface area contributed by atoms with Crippen LogP contribution < -0.4 is 4.74 Å². The van der Waals surface area contributed by atoms with Gasteiger partial charge in [0.25, 0.3) is 0 Å². The van der Waals surface area contributed by atoms with Gasteiger partial charge in [0.15, 0.2) is 0 Å². The summed E-state index contributed by atoms with van der Waals surface area (Å²) in [7, 11) is 0. The molecule has 1 aliphatic carbocycles. The molecule has 1 aromatic heterocycles. The van der Waals surface area contributed by atoms with E-state index in [1.54, 1.807) is 0 Å². The molecule has 0 atom stereocenters. The van der Waals surface area contributed by atoms with Gasteiger partial charge >= 0.3 is 0 Å². The topological polar surface area (TPSA) is 27.1 Å². The number of benzene rings is 1. The maximum atomic E-state index is 6.00. The molecule has 0 spiro atoms. The zero-order chi connectivity index (χ0) is 14.7. The predicted molar refractivity (Wildman–Crippen MR) is 84.9 cm³/mol. The molecule has 4 heteroatoms. The maximum Gasteiger partial charge on any atom is 0.132 e. The van der Waals surface area contributed by atoms with E-state index in [1.165, 1.54) is 32.1 Å². The van der Waals surface area contributed by atoms with E-state index in [-0.39, 0.29) is 0 Å². The third-order valence-corrected chi connectivity index (χ3v) is 4.37. The van der Waals surface area contributed by atoms with Crippen molar-refractivity contribution in [2.24, 2.45) is 0 Å². The third-order valence-electron chi connectivity index (χ3n) is 4.14. The molecule has 0 aliphatic heterocycles. The molecule has 3 rings (SSSR count). The lowest BCUT2D eigenvalue weighted by atomic mass is 9.96. The molecule has 1 heterocycles. The monoisotopic (exact) mass is 304 g/mol. The second kappa shape index (κ2) is 6.52. The van der Waals surface area contributed by atoms with E-state index in [0.717, 1.165) is 17.0 Å². The van der Waals surface area contributed by atoms with Crippen LogP contribution in [0.3, 0.4) is 0 Å². The van der Waals surface area contributed by atoms with Crippen LogP contribution in [0.15, 0.2) is 30.5 Å². The molecule has 21 heavy (non-hydrogen) atoms. The highest BCUT2D eigenvalue weighted by Gasteiger charge is 2.16. The standard InChI is InChI=1S/C17H21ClN2O/c1-13-7-8-14(18)11-17(13)21-12-15-9-10-20(19-15)16-5-3-2-4-6-16/h7-11,16H,2-6,12H2,1H3. The summed E-state index contributed by atoms with van der Waals surface area (Å²) >= 11 is 6.00. The summed E-state index contributed by atoms with van der Waals surface area (Å²) in [5.74, 6) is 0.828. The van der Waals surface area contributed by atoms with Crippen LogP contribution in [0.2, 0.25) is 5.02 Å². The Bertz CT molecular complexity index is 603. The van der Waals surface area contributed by atoms with Crippen LogP contribution in [0, 0.1) is 6.92 Å². The van der Waals surface area contributed by atoms with Crippen LogP contribution in [-0.4, -0.2) is 9.78 Å². The number of rotatable bonds is 4. The fourth-order valence-electron chi connectivity index (χ4n) is 2.88. The van der Waals surface area contributed by atoms with Crippen molar-refractivity contribution in [3.63, 3.8) is 0 Å². The SMILES string of the molecule is Cc1ccc(Cl)cc1OCc1ccn(C2CCCCC2)n1. The second-order valence-electron chi connectivity index (χ2n) is 5.78. The van der Waals surface area contributed by atoms with Crippen LogP contribution in [-0.2, 0) is 6.61 Å². The smallest absolute Gasteiger partial charge is 0.132 e. The van der Waals surface area contributed by atoms with E-state index in [4.69, 9.17) is 16.3 Å². The molecule has 2 aromatic rings. The van der Waals surface area contributed by atoms with Gasteiger partial charge in [-0.1, -0.05) is 36.9 Å². The molecular formula is C17H21ClN2O. The lowest BCUT2D eigenvalue weighted by molar-refractivity contribution is 0.289. The Labute approximate surface area is 130 Å². The van der Waals surface area contributed by atoms with Crippen molar-refractivity contribution < 1.29 is 4.74 Å². The van der Waals surface area contributed by atoms with Gasteiger partial charge in [0.05, 0.1) is 11.7 Å². The Morgan fingerprint density at radius 3 is 2.86 bits per heavy atom. The molecule has 1 saturated carbocycles. The summed E-state index contributed by atoms with van der Waals surface area (Å²) in [4.78, 5) is 0. The Balaban J connectivity index is 1.63. The summed E-state index contributed by atoms with van der Waals surface area (Å²) in [5.41, 5.74) is 2.06. The number of aromatic nitrogens is 2. The zero-order valence-electron chi connectivity index (χ0n) is 12.4. The molecule has 0 radical (unpaired) electrons. The first-order valence-corrected chi connectivity index (χ1v) is 8.03. The third kappa shape index (κ3) is 3.59. The van der Waals surface area contributed by atoms with E-state index in [1.807, 2.05) is 25.1 Å². The molecule has 1 fully saturated rings. The van der Waals surface area contributed by atoms with Gasteiger partial charge in [-0.05, 0) is 43.5 Å². The summed E-state index contributed by atoms with van der Waals surface area (Å²) in [6, 6.07) is 8.32. The number of ether oxygens (including phenoxy) is 1. The first-order valence-electron chi connectivity index (χ1n) is 7.65. The molecule has 3 nitrogen and oxygen atoms in total. The van der Waals surface area contributed by atoms with Gasteiger partial charge in [0.1, 0.15) is 12.4 Å². The molecule has 112 valence electrons. The van der Waals surface area contributed by atoms with Crippen LogP contribution in [0.5, 0.6) is 5.75 Å². The van der Waals surface area contributed by atoms with Crippen LogP contribution in [0.25, 0.3) is 0 Å². The average Bonchev–Trinajstić information content (AvgIpc) is 2.98. The van der Waals surface area contributed by atoms with Crippen LogP contribution in [0.1, 0.15) is 49.4 Å². The average molecular weight is 305 g/mol. The summed E-state index contributed by atoms with van der Waals surface area (Å²) in [5, 5.41) is 5.36. The molecule has 0 saturated heterocycles. The minimum Gasteiger partial charge on any atom is -0.487 e. The number of hydrogen-bond acceptors (Lipinski definition) is 2. The Hall–Kier alpha value is -1.48. The van der Waals surface area contributed by atoms with Gasteiger partial charge in [-0.25, -0.2) is 0 Å². The molecule has 0 unspecified atom stereocenters. The maximum absolute atomic E-state index is 6.00. The molecule has 1 aromatic carbocycles. The highest BCUT2D eigenvalue weighted by Crippen LogP contribution is 2.28. The van der Waals surface area contributed by atoms with Crippen molar-refractivity contribution in [1.82, 2.24) is 9.78 Å². The Morgan fingerprint density at radius 1 is 1.24 bits per heavy atom. The van der Waals surface area contributed by atoms with Crippen molar-refractivity contribution in [2.45, 2.75) is 51.7 Å². The summed E-state index contributed by atoms with van der Waals surface area (Å²) < 4.78 is 7.96. The quantitative estimate of drug-likeness (QED) is 0.801. The zero-order valence-corrected chi connectivity index (χ0v) is 13.1. The van der Waals surface area contributed by atoms with E-state index >= 15 is 0 Å². The molecule has 1 aliphatic rings. The van der Waals surface area contributed by atoms with Crippen molar-refractivity contribution in [3.8, 4) is 5.75 Å². The first kappa shape index (κ1) is 14.5. The van der Waals surface area contributed by atoms with Gasteiger partial charge in [0.2, 0.25) is 0 Å². The lowest BCUT2D eigenvalue weighted by Crippen LogP contribution is -2.13. The molecular weight excluding hydrogens is 284 g/mol. The predicted octanol–water partition coefficient (Wildman–Crippen LogP) is 4.93. The van der Waals surface area contributed by atoms with Gasteiger partial charge in [-0.3, -0.25) is 4.68 Å². The van der Waals surface area contributed by atoms with Crippen molar-refractivity contribution in [3.05, 3.63) is 46.7 Å². The van der Waals surface area contributed by atoms with Gasteiger partial charge in [-0.2, -0.15) is 5.10 Å². The van der Waals surface area contributed by atoms with Crippen LogP contribution in [0.4, 0.5) is 0 Å². The Morgan fingerprint density at radius 2 is 2.05 bits per heavy atom. The van der Waals surface area contributed by atoms with E-state index in [2.05, 4.69) is 22.0 Å². The van der Waals surface area contributed by atoms with E-state index in [9.17, 15) is 0 Å². The van der Waals surface area contributed by atoms with Crippen molar-refractivity contribution in [1.29, 1.82) is 0 Å². The second-order valence-corrected chi connectivity index (χ2v) is 6.21. The molecule has 0 amide bonds. The first-order chi connectivity index (χ1) is 10.2. The lowest BCUT2D eigenvalue weighted by Gasteiger charge is -2.21. The minimum atomic E-state index is 0.487. The number of halogens is 1. The number of nitrogens with zero attached hydrogens (tertiary/aromatic N) is 2. The summed E-state index contributed by atoms with van der Waals surface area (Å²) in [6.45, 7) is 2.51. The van der Waals surface area contributed by atoms with Gasteiger partial charge < -0.3 is 4.74 Å². The normalized spacial score (nSPS) is 16.1. The Kier molecular flexibility index (Phi) is 4.49. The highest BCUT2D eigenvalue weighted by atomic mass is 35.5. The molecule has 0 N–H and O–H groups in total. The van der Waals surface area contributed by atoms with E-state index < -0.39 is 0 Å². The highest BCUT2D eigenvalue weighted by molar-refractivity contribution is 6.30. The number of hydrogen-bond donors (Lipinski definition) is 0. The fourth-order valence-corrected chi connectivity index (χ4v) is 3.05. The van der Waals surface area contributed by atoms with Crippen molar-refractivity contribution >= 4 is 11.6 Å². The van der Waals surface area contributed by atoms with Gasteiger partial charge in [-0.15, -0.1) is 0 Å². The number of aryl methyl sites for hydroxylation is 1. The largest absolute Gasteiger partial charge is 0.487 e. The van der Waals surface area contributed by atoms with Crippen LogP contribution >= 0.6 is 11.6 Å². The minimum absolute atomic E-state index is 0.487. The van der Waals surface area contributed by atoms with Gasteiger partial charge in [0, 0.05) is 11.2 Å². The van der Waals surface area contributed by atoms with E-state index in [0.29, 0.717) is 17.7 Å². The fraction of sp³-hybridized carbons (Fsp3) is 0.471. The molecule has 0 bridgehead atoms. The summed E-state index contributed by atoms with van der Waals surface area (Å²) in [6.07, 6.45) is 8.57. The van der Waals surface area contributed by atoms with Crippen molar-refractivity contribution in [2.75, 3.05) is 0 Å².